The van der Waals surface area contributed by atoms with Gasteiger partial charge in [-0.25, -0.2) is 0 Å². The number of hydrogen-bond donors (Lipinski definition) is 1. The van der Waals surface area contributed by atoms with Crippen molar-refractivity contribution >= 4 is 50.8 Å². The first-order valence-corrected chi connectivity index (χ1v) is 12.1. The molecule has 0 bridgehead atoms. The van der Waals surface area contributed by atoms with Crippen molar-refractivity contribution in [3.63, 3.8) is 0 Å². The van der Waals surface area contributed by atoms with E-state index in [4.69, 9.17) is 42.5 Å². The molecular weight excluding hydrogens is 493 g/mol. The molecule has 0 saturated carbocycles. The van der Waals surface area contributed by atoms with Crippen LogP contribution in [0.4, 0.5) is 5.69 Å². The van der Waals surface area contributed by atoms with Gasteiger partial charge in [0.15, 0.2) is 11.5 Å². The molecule has 6 aromatic rings. The zero-order valence-electron chi connectivity index (χ0n) is 19.6. The molecule has 0 spiro atoms. The Morgan fingerprint density at radius 2 is 1.28 bits per heavy atom. The predicted molar refractivity (Wildman–Crippen MR) is 148 cm³/mol. The van der Waals surface area contributed by atoms with Gasteiger partial charge in [-0.05, 0) is 60.0 Å². The molecule has 0 aliphatic carbocycles. The summed E-state index contributed by atoms with van der Waals surface area (Å²) in [6.45, 7) is 2.01. The van der Waals surface area contributed by atoms with Crippen LogP contribution >= 0.6 is 23.2 Å². The van der Waals surface area contributed by atoms with Crippen molar-refractivity contribution in [2.75, 3.05) is 12.8 Å². The Labute approximate surface area is 217 Å². The van der Waals surface area contributed by atoms with Crippen LogP contribution in [0.15, 0.2) is 87.7 Å². The van der Waals surface area contributed by atoms with Gasteiger partial charge in [0.1, 0.15) is 16.9 Å². The van der Waals surface area contributed by atoms with Gasteiger partial charge in [0.2, 0.25) is 0 Å². The molecule has 0 aliphatic rings. The molecule has 0 amide bonds. The fourth-order valence-electron chi connectivity index (χ4n) is 4.52. The van der Waals surface area contributed by atoms with E-state index in [1.807, 2.05) is 79.7 Å². The predicted octanol–water partition coefficient (Wildman–Crippen LogP) is 9.39. The number of halogens is 2. The first kappa shape index (κ1) is 22.6. The maximum absolute atomic E-state index is 6.83. The Morgan fingerprint density at radius 1 is 0.694 bits per heavy atom. The zero-order valence-corrected chi connectivity index (χ0v) is 21.1. The molecular formula is C30H21Cl2NO3. The lowest BCUT2D eigenvalue weighted by Crippen LogP contribution is -1.95. The molecule has 0 aliphatic heterocycles. The minimum atomic E-state index is 0.459. The Bertz CT molecular complexity index is 1770. The third-order valence-corrected chi connectivity index (χ3v) is 7.15. The lowest BCUT2D eigenvalue weighted by Gasteiger charge is -2.13. The number of fused-ring (bicyclic) bond motifs is 2. The summed E-state index contributed by atoms with van der Waals surface area (Å²) in [4.78, 5) is 0. The maximum Gasteiger partial charge on any atom is 0.156 e. The fraction of sp³-hybridized carbons (Fsp3) is 0.0667. The fourth-order valence-corrected chi connectivity index (χ4v) is 5.11. The topological polar surface area (TPSA) is 61.5 Å². The third-order valence-electron chi connectivity index (χ3n) is 6.40. The van der Waals surface area contributed by atoms with E-state index in [9.17, 15) is 0 Å². The molecule has 36 heavy (non-hydrogen) atoms. The Balaban J connectivity index is 1.65. The van der Waals surface area contributed by atoms with Gasteiger partial charge in [0, 0.05) is 28.0 Å². The summed E-state index contributed by atoms with van der Waals surface area (Å²) in [5, 5.41) is 2.59. The van der Waals surface area contributed by atoms with Crippen LogP contribution in [-0.4, -0.2) is 7.11 Å². The average Bonchev–Trinajstić information content (AvgIpc) is 3.40. The molecule has 2 heterocycles. The van der Waals surface area contributed by atoms with Gasteiger partial charge in [0.25, 0.3) is 0 Å². The van der Waals surface area contributed by atoms with Crippen molar-refractivity contribution in [3.8, 4) is 39.5 Å². The minimum Gasteiger partial charge on any atom is -0.497 e. The zero-order chi connectivity index (χ0) is 25.0. The SMILES string of the molecule is COc1ccc2c(Cl)c(-c3cc(-c4ccccc4)cc(-c4oc5cc(C)ccc5c4Cl)c3N)oc2c1. The third kappa shape index (κ3) is 3.62. The van der Waals surface area contributed by atoms with Gasteiger partial charge in [-0.2, -0.15) is 0 Å². The van der Waals surface area contributed by atoms with E-state index in [-0.39, 0.29) is 0 Å². The second kappa shape index (κ2) is 8.66. The second-order valence-corrected chi connectivity index (χ2v) is 9.46. The van der Waals surface area contributed by atoms with E-state index < -0.39 is 0 Å². The van der Waals surface area contributed by atoms with E-state index in [2.05, 4.69) is 0 Å². The molecule has 2 N–H and O–H groups in total. The number of aryl methyl sites for hydroxylation is 1. The number of furan rings is 2. The van der Waals surface area contributed by atoms with Gasteiger partial charge >= 0.3 is 0 Å². The highest BCUT2D eigenvalue weighted by Gasteiger charge is 2.24. The van der Waals surface area contributed by atoms with Crippen LogP contribution in [0.25, 0.3) is 55.7 Å². The highest BCUT2D eigenvalue weighted by atomic mass is 35.5. The number of methoxy groups -OCH3 is 1. The first-order valence-electron chi connectivity index (χ1n) is 11.4. The van der Waals surface area contributed by atoms with Crippen LogP contribution in [-0.2, 0) is 0 Å². The van der Waals surface area contributed by atoms with Crippen LogP contribution < -0.4 is 10.5 Å². The molecule has 6 rings (SSSR count). The standard InChI is InChI=1S/C30H21Cl2NO3/c1-16-8-10-20-24(12-16)35-29(26(20)31)22-13-18(17-6-4-3-5-7-17)14-23(28(22)33)30-27(32)21-11-9-19(34-2)15-25(21)36-30/h3-15H,33H2,1-2H3. The molecule has 0 atom stereocenters. The number of anilines is 1. The molecule has 0 fully saturated rings. The van der Waals surface area contributed by atoms with E-state index in [0.717, 1.165) is 27.5 Å². The van der Waals surface area contributed by atoms with Gasteiger partial charge in [-0.3, -0.25) is 0 Å². The van der Waals surface area contributed by atoms with E-state index in [0.29, 0.717) is 55.3 Å². The smallest absolute Gasteiger partial charge is 0.156 e. The van der Waals surface area contributed by atoms with Crippen molar-refractivity contribution in [3.05, 3.63) is 94.5 Å². The quantitative estimate of drug-likeness (QED) is 0.238. The summed E-state index contributed by atoms with van der Waals surface area (Å²) in [5.41, 5.74) is 12.9. The minimum absolute atomic E-state index is 0.459. The molecule has 4 nitrogen and oxygen atoms in total. The number of rotatable bonds is 4. The molecule has 0 radical (unpaired) electrons. The van der Waals surface area contributed by atoms with Gasteiger partial charge < -0.3 is 19.3 Å². The number of nitrogen functional groups attached to an aromatic ring is 1. The molecule has 6 heteroatoms. The Morgan fingerprint density at radius 3 is 1.89 bits per heavy atom. The number of benzene rings is 4. The largest absolute Gasteiger partial charge is 0.497 e. The van der Waals surface area contributed by atoms with Crippen LogP contribution in [0.5, 0.6) is 5.75 Å². The molecule has 2 aromatic heterocycles. The summed E-state index contributed by atoms with van der Waals surface area (Å²) in [6.07, 6.45) is 0. The van der Waals surface area contributed by atoms with E-state index in [1.165, 1.54) is 0 Å². The van der Waals surface area contributed by atoms with Crippen LogP contribution in [0.1, 0.15) is 5.56 Å². The molecule has 178 valence electrons. The summed E-state index contributed by atoms with van der Waals surface area (Å²) in [7, 11) is 1.61. The summed E-state index contributed by atoms with van der Waals surface area (Å²) < 4.78 is 17.8. The lowest BCUT2D eigenvalue weighted by molar-refractivity contribution is 0.414. The number of nitrogens with two attached hydrogens (primary N) is 1. The van der Waals surface area contributed by atoms with E-state index >= 15 is 0 Å². The maximum atomic E-state index is 6.83. The Hall–Kier alpha value is -3.86. The molecule has 0 saturated heterocycles. The normalized spacial score (nSPS) is 11.4. The average molecular weight is 514 g/mol. The Kier molecular flexibility index (Phi) is 5.44. The van der Waals surface area contributed by atoms with Crippen molar-refractivity contribution in [2.24, 2.45) is 0 Å². The van der Waals surface area contributed by atoms with Gasteiger partial charge in [0.05, 0.1) is 22.8 Å². The van der Waals surface area contributed by atoms with Crippen molar-refractivity contribution in [1.82, 2.24) is 0 Å². The van der Waals surface area contributed by atoms with Crippen molar-refractivity contribution < 1.29 is 13.6 Å². The number of hydrogen-bond acceptors (Lipinski definition) is 4. The first-order chi connectivity index (χ1) is 17.4. The summed E-state index contributed by atoms with van der Waals surface area (Å²) >= 11 is 13.7. The number of ether oxygens (including phenoxy) is 1. The van der Waals surface area contributed by atoms with Crippen LogP contribution in [0.3, 0.4) is 0 Å². The summed E-state index contributed by atoms with van der Waals surface area (Å²) in [5.74, 6) is 1.65. The highest BCUT2D eigenvalue weighted by molar-refractivity contribution is 6.39. The van der Waals surface area contributed by atoms with Crippen LogP contribution in [0, 0.1) is 6.92 Å². The molecule has 0 unspecified atom stereocenters. The lowest BCUT2D eigenvalue weighted by atomic mass is 9.95. The van der Waals surface area contributed by atoms with Gasteiger partial charge in [-0.1, -0.05) is 59.6 Å². The van der Waals surface area contributed by atoms with Crippen LogP contribution in [0.2, 0.25) is 10.0 Å². The van der Waals surface area contributed by atoms with E-state index in [1.54, 1.807) is 13.2 Å². The monoisotopic (exact) mass is 513 g/mol. The van der Waals surface area contributed by atoms with Crippen molar-refractivity contribution in [2.45, 2.75) is 6.92 Å². The second-order valence-electron chi connectivity index (χ2n) is 8.70. The highest BCUT2D eigenvalue weighted by Crippen LogP contribution is 2.48. The van der Waals surface area contributed by atoms with Gasteiger partial charge in [-0.15, -0.1) is 0 Å². The molecule has 4 aromatic carbocycles. The summed E-state index contributed by atoms with van der Waals surface area (Å²) in [6, 6.07) is 25.5. The van der Waals surface area contributed by atoms with Crippen molar-refractivity contribution in [1.29, 1.82) is 0 Å².